The molecule has 0 rings (SSSR count). The van der Waals surface area contributed by atoms with Crippen LogP contribution in [0.25, 0.3) is 0 Å². The summed E-state index contributed by atoms with van der Waals surface area (Å²) < 4.78 is 16.7. The van der Waals surface area contributed by atoms with Gasteiger partial charge in [0, 0.05) is 19.3 Å². The van der Waals surface area contributed by atoms with Crippen molar-refractivity contribution in [3.05, 3.63) is 72.9 Å². The van der Waals surface area contributed by atoms with Crippen LogP contribution in [0.4, 0.5) is 0 Å². The van der Waals surface area contributed by atoms with Gasteiger partial charge in [0.1, 0.15) is 13.2 Å². The summed E-state index contributed by atoms with van der Waals surface area (Å²) in [6.07, 6.45) is 61.7. The third-order valence-corrected chi connectivity index (χ3v) is 10.7. The highest BCUT2D eigenvalue weighted by atomic mass is 16.6. The van der Waals surface area contributed by atoms with Gasteiger partial charge >= 0.3 is 17.9 Å². The summed E-state index contributed by atoms with van der Waals surface area (Å²) in [6.45, 7) is 6.37. The number of carbonyl (C=O) groups is 3. The molecule has 61 heavy (non-hydrogen) atoms. The van der Waals surface area contributed by atoms with E-state index in [1.807, 2.05) is 0 Å². The van der Waals surface area contributed by atoms with Gasteiger partial charge in [0.05, 0.1) is 0 Å². The van der Waals surface area contributed by atoms with E-state index < -0.39 is 6.10 Å². The minimum atomic E-state index is -0.793. The second-order valence-corrected chi connectivity index (χ2v) is 16.7. The number of esters is 3. The predicted molar refractivity (Wildman–Crippen MR) is 261 cm³/mol. The van der Waals surface area contributed by atoms with Gasteiger partial charge in [0.15, 0.2) is 6.10 Å². The normalized spacial score (nSPS) is 12.6. The molecule has 0 amide bonds. The standard InChI is InChI=1S/C55H94O6/c1-4-7-10-13-16-19-22-25-27-28-29-31-33-36-39-42-45-48-54(57)60-51-52(50-59-53(56)47-44-41-38-35-32-24-21-18-15-12-9-6-3)61-55(58)49-46-43-40-37-34-30-26-23-20-17-14-11-8-5-2/h8-9,11-12,17-18,20-21,25-27,30,52H,4-7,10,13-16,19,22-24,28-29,31-51H2,1-3H3/b11-8-,12-9-,20-17-,21-18-,27-25-,30-26-. The SMILES string of the molecule is CC/C=C\C/C=C\C/C=C\CCCCCCC(=O)OC(COC(=O)CCCCCCC/C=C\C/C=C\CC)COC(=O)CCCCCCCCC/C=C\CCCCCCCC. The molecule has 1 atom stereocenters. The van der Waals surface area contributed by atoms with Crippen LogP contribution in [0.15, 0.2) is 72.9 Å². The number of hydrogen-bond acceptors (Lipinski definition) is 6. The smallest absolute Gasteiger partial charge is 0.306 e. The van der Waals surface area contributed by atoms with Gasteiger partial charge in [-0.25, -0.2) is 0 Å². The van der Waals surface area contributed by atoms with Crippen LogP contribution in [0.5, 0.6) is 0 Å². The van der Waals surface area contributed by atoms with E-state index in [1.165, 1.54) is 77.0 Å². The minimum Gasteiger partial charge on any atom is -0.462 e. The summed E-state index contributed by atoms with van der Waals surface area (Å²) >= 11 is 0. The van der Waals surface area contributed by atoms with Crippen molar-refractivity contribution < 1.29 is 28.6 Å². The molecule has 0 aromatic heterocycles. The average molecular weight is 851 g/mol. The zero-order valence-corrected chi connectivity index (χ0v) is 39.9. The van der Waals surface area contributed by atoms with Gasteiger partial charge in [-0.15, -0.1) is 0 Å². The Labute approximate surface area is 376 Å². The Bertz CT molecular complexity index is 1160. The van der Waals surface area contributed by atoms with Crippen molar-refractivity contribution in [3.8, 4) is 0 Å². The first kappa shape index (κ1) is 57.9. The van der Waals surface area contributed by atoms with E-state index in [-0.39, 0.29) is 31.1 Å². The molecule has 350 valence electrons. The number of hydrogen-bond donors (Lipinski definition) is 0. The molecule has 0 aromatic rings. The molecule has 0 radical (unpaired) electrons. The summed E-state index contributed by atoms with van der Waals surface area (Å²) in [7, 11) is 0. The number of unbranched alkanes of at least 4 members (excludes halogenated alkanes) is 22. The molecule has 6 nitrogen and oxygen atoms in total. The van der Waals surface area contributed by atoms with Gasteiger partial charge in [-0.2, -0.15) is 0 Å². The zero-order valence-electron chi connectivity index (χ0n) is 39.9. The molecule has 0 fully saturated rings. The Morgan fingerprint density at radius 1 is 0.344 bits per heavy atom. The Balaban J connectivity index is 4.41. The maximum absolute atomic E-state index is 12.8. The maximum atomic E-state index is 12.8. The van der Waals surface area contributed by atoms with Crippen molar-refractivity contribution in [1.29, 1.82) is 0 Å². The van der Waals surface area contributed by atoms with Crippen LogP contribution in [0.2, 0.25) is 0 Å². The first-order valence-electron chi connectivity index (χ1n) is 25.4. The third-order valence-electron chi connectivity index (χ3n) is 10.7. The van der Waals surface area contributed by atoms with Gasteiger partial charge in [0.25, 0.3) is 0 Å². The van der Waals surface area contributed by atoms with E-state index in [1.54, 1.807) is 0 Å². The monoisotopic (exact) mass is 851 g/mol. The summed E-state index contributed by atoms with van der Waals surface area (Å²) in [5.74, 6) is -0.934. The first-order chi connectivity index (χ1) is 30.0. The number of allylic oxidation sites excluding steroid dienone is 12. The highest BCUT2D eigenvalue weighted by Crippen LogP contribution is 2.14. The summed E-state index contributed by atoms with van der Waals surface area (Å²) in [5, 5.41) is 0. The van der Waals surface area contributed by atoms with Gasteiger partial charge < -0.3 is 14.2 Å². The van der Waals surface area contributed by atoms with Crippen LogP contribution in [0.1, 0.15) is 239 Å². The Morgan fingerprint density at radius 3 is 1.02 bits per heavy atom. The van der Waals surface area contributed by atoms with Gasteiger partial charge in [-0.1, -0.05) is 190 Å². The fraction of sp³-hybridized carbons (Fsp3) is 0.727. The second-order valence-electron chi connectivity index (χ2n) is 16.7. The molecule has 0 heterocycles. The van der Waals surface area contributed by atoms with E-state index in [4.69, 9.17) is 14.2 Å². The quantitative estimate of drug-likeness (QED) is 0.0263. The summed E-state index contributed by atoms with van der Waals surface area (Å²) in [4.78, 5) is 37.9. The molecule has 0 saturated carbocycles. The van der Waals surface area contributed by atoms with Crippen molar-refractivity contribution in [2.24, 2.45) is 0 Å². The molecule has 0 aliphatic rings. The molecule has 0 aromatic carbocycles. The van der Waals surface area contributed by atoms with Crippen LogP contribution < -0.4 is 0 Å². The lowest BCUT2D eigenvalue weighted by atomic mass is 10.1. The fourth-order valence-electron chi connectivity index (χ4n) is 6.90. The first-order valence-corrected chi connectivity index (χ1v) is 25.4. The van der Waals surface area contributed by atoms with Crippen molar-refractivity contribution >= 4 is 17.9 Å². The highest BCUT2D eigenvalue weighted by Gasteiger charge is 2.19. The van der Waals surface area contributed by atoms with Gasteiger partial charge in [0.2, 0.25) is 0 Å². The lowest BCUT2D eigenvalue weighted by Crippen LogP contribution is -2.30. The number of rotatable bonds is 45. The summed E-state index contributed by atoms with van der Waals surface area (Å²) in [5.41, 5.74) is 0. The molecule has 6 heteroatoms. The Kier molecular flexibility index (Phi) is 46.9. The van der Waals surface area contributed by atoms with Gasteiger partial charge in [-0.3, -0.25) is 14.4 Å². The molecule has 0 N–H and O–H groups in total. The molecule has 0 bridgehead atoms. The van der Waals surface area contributed by atoms with Crippen LogP contribution >= 0.6 is 0 Å². The maximum Gasteiger partial charge on any atom is 0.306 e. The molecular weight excluding hydrogens is 757 g/mol. The van der Waals surface area contributed by atoms with E-state index in [2.05, 4.69) is 93.7 Å². The average Bonchev–Trinajstić information content (AvgIpc) is 3.26. The number of ether oxygens (including phenoxy) is 3. The lowest BCUT2D eigenvalue weighted by molar-refractivity contribution is -0.167. The van der Waals surface area contributed by atoms with Crippen LogP contribution in [-0.2, 0) is 28.6 Å². The predicted octanol–water partition coefficient (Wildman–Crippen LogP) is 16.6. The zero-order chi connectivity index (χ0) is 44.4. The van der Waals surface area contributed by atoms with Crippen LogP contribution in [0, 0.1) is 0 Å². The lowest BCUT2D eigenvalue weighted by Gasteiger charge is -2.18. The molecule has 0 aliphatic carbocycles. The van der Waals surface area contributed by atoms with E-state index in [9.17, 15) is 14.4 Å². The minimum absolute atomic E-state index is 0.0917. The molecule has 0 aliphatic heterocycles. The molecule has 0 spiro atoms. The fourth-order valence-corrected chi connectivity index (χ4v) is 6.90. The Hall–Kier alpha value is -3.15. The van der Waals surface area contributed by atoms with Crippen LogP contribution in [-0.4, -0.2) is 37.2 Å². The molecule has 1 unspecified atom stereocenters. The third kappa shape index (κ3) is 47.7. The van der Waals surface area contributed by atoms with Crippen LogP contribution in [0.3, 0.4) is 0 Å². The molecular formula is C55H94O6. The second kappa shape index (κ2) is 49.5. The van der Waals surface area contributed by atoms with Crippen molar-refractivity contribution in [1.82, 2.24) is 0 Å². The largest absolute Gasteiger partial charge is 0.462 e. The molecule has 0 saturated heterocycles. The van der Waals surface area contributed by atoms with E-state index in [0.717, 1.165) is 122 Å². The highest BCUT2D eigenvalue weighted by molar-refractivity contribution is 5.71. The van der Waals surface area contributed by atoms with Crippen molar-refractivity contribution in [2.45, 2.75) is 245 Å². The Morgan fingerprint density at radius 2 is 0.639 bits per heavy atom. The van der Waals surface area contributed by atoms with Crippen molar-refractivity contribution in [3.63, 3.8) is 0 Å². The summed E-state index contributed by atoms with van der Waals surface area (Å²) in [6, 6.07) is 0. The van der Waals surface area contributed by atoms with E-state index >= 15 is 0 Å². The van der Waals surface area contributed by atoms with E-state index in [0.29, 0.717) is 19.3 Å². The topological polar surface area (TPSA) is 78.9 Å². The van der Waals surface area contributed by atoms with Crippen molar-refractivity contribution in [2.75, 3.05) is 13.2 Å². The number of carbonyl (C=O) groups excluding carboxylic acids is 3. The van der Waals surface area contributed by atoms with Gasteiger partial charge in [-0.05, 0) is 103 Å².